The summed E-state index contributed by atoms with van der Waals surface area (Å²) in [4.78, 5) is 25.4. The molecule has 1 heterocycles. The molecule has 0 atom stereocenters. The van der Waals surface area contributed by atoms with E-state index in [1.165, 1.54) is 26.4 Å². The van der Waals surface area contributed by atoms with Crippen LogP contribution in [-0.2, 0) is 11.3 Å². The first-order valence-corrected chi connectivity index (χ1v) is 13.0. The predicted octanol–water partition coefficient (Wildman–Crippen LogP) is 5.05. The van der Waals surface area contributed by atoms with Crippen molar-refractivity contribution in [3.8, 4) is 17.2 Å². The monoisotopic (exact) mass is 569 g/mol. The maximum absolute atomic E-state index is 14.3. The van der Waals surface area contributed by atoms with Crippen molar-refractivity contribution in [3.05, 3.63) is 88.5 Å². The van der Waals surface area contributed by atoms with Crippen molar-refractivity contribution in [1.29, 1.82) is 0 Å². The van der Waals surface area contributed by atoms with Crippen molar-refractivity contribution in [2.24, 2.45) is 0 Å². The number of carbonyl (C=O) groups excluding carboxylic acids is 2. The number of halogens is 2. The van der Waals surface area contributed by atoms with Crippen LogP contribution in [-0.4, -0.2) is 46.6 Å². The highest BCUT2D eigenvalue weighted by molar-refractivity contribution is 7.99. The summed E-state index contributed by atoms with van der Waals surface area (Å²) in [7, 11) is 3.04. The van der Waals surface area contributed by atoms with Gasteiger partial charge in [0.25, 0.3) is 5.91 Å². The van der Waals surface area contributed by atoms with Crippen LogP contribution in [0.5, 0.6) is 11.5 Å². The van der Waals surface area contributed by atoms with Crippen molar-refractivity contribution >= 4 is 40.9 Å². The van der Waals surface area contributed by atoms with Crippen molar-refractivity contribution in [3.63, 3.8) is 0 Å². The summed E-state index contributed by atoms with van der Waals surface area (Å²) in [5.74, 6) is -0.322. The van der Waals surface area contributed by atoms with E-state index < -0.39 is 11.7 Å². The van der Waals surface area contributed by atoms with Gasteiger partial charge in [0, 0.05) is 11.8 Å². The number of rotatable bonds is 10. The zero-order valence-electron chi connectivity index (χ0n) is 21.3. The van der Waals surface area contributed by atoms with Gasteiger partial charge in [0.1, 0.15) is 17.3 Å². The first-order valence-electron chi connectivity index (χ1n) is 11.7. The van der Waals surface area contributed by atoms with Gasteiger partial charge in [-0.1, -0.05) is 41.6 Å². The minimum Gasteiger partial charge on any atom is -0.497 e. The van der Waals surface area contributed by atoms with E-state index in [0.717, 1.165) is 23.4 Å². The third-order valence-corrected chi connectivity index (χ3v) is 6.80. The Balaban J connectivity index is 1.61. The van der Waals surface area contributed by atoms with Gasteiger partial charge in [-0.15, -0.1) is 10.2 Å². The Labute approximate surface area is 233 Å². The van der Waals surface area contributed by atoms with E-state index in [1.54, 1.807) is 22.8 Å². The number of hydrogen-bond acceptors (Lipinski definition) is 7. The SMILES string of the molecule is COc1ccc(OC)c(-n2c(CNC(=O)c3c(F)cccc3Cl)nnc2SCC(=O)Nc2cccc(C)c2)c1. The molecule has 4 aromatic rings. The average molecular weight is 570 g/mol. The molecular weight excluding hydrogens is 545 g/mol. The predicted molar refractivity (Wildman–Crippen MR) is 148 cm³/mol. The Morgan fingerprint density at radius 3 is 2.56 bits per heavy atom. The van der Waals surface area contributed by atoms with Gasteiger partial charge in [-0.3, -0.25) is 14.2 Å². The first kappa shape index (κ1) is 27.9. The highest BCUT2D eigenvalue weighted by Crippen LogP contribution is 2.32. The normalized spacial score (nSPS) is 10.7. The van der Waals surface area contributed by atoms with Crippen molar-refractivity contribution < 1.29 is 23.5 Å². The number of ether oxygens (including phenoxy) is 2. The van der Waals surface area contributed by atoms with E-state index in [9.17, 15) is 14.0 Å². The Bertz CT molecular complexity index is 1490. The van der Waals surface area contributed by atoms with Gasteiger partial charge in [0.2, 0.25) is 5.91 Å². The number of nitrogens with one attached hydrogen (secondary N) is 2. The van der Waals surface area contributed by atoms with Crippen molar-refractivity contribution in [2.75, 3.05) is 25.3 Å². The Kier molecular flexibility index (Phi) is 9.05. The summed E-state index contributed by atoms with van der Waals surface area (Å²) in [5, 5.41) is 14.3. The fourth-order valence-electron chi connectivity index (χ4n) is 3.73. The summed E-state index contributed by atoms with van der Waals surface area (Å²) in [6, 6.07) is 16.6. The molecule has 4 rings (SSSR count). The second kappa shape index (κ2) is 12.6. The number of benzene rings is 3. The Hall–Kier alpha value is -4.09. The van der Waals surface area contributed by atoms with E-state index in [1.807, 2.05) is 31.2 Å². The van der Waals surface area contributed by atoms with Crippen LogP contribution in [0.25, 0.3) is 5.69 Å². The molecule has 0 unspecified atom stereocenters. The highest BCUT2D eigenvalue weighted by Gasteiger charge is 2.22. The summed E-state index contributed by atoms with van der Waals surface area (Å²) in [6.07, 6.45) is 0. The van der Waals surface area contributed by atoms with Gasteiger partial charge in [-0.05, 0) is 48.9 Å². The smallest absolute Gasteiger partial charge is 0.256 e. The molecule has 0 aliphatic rings. The number of carbonyl (C=O) groups is 2. The van der Waals surface area contributed by atoms with Gasteiger partial charge < -0.3 is 20.1 Å². The summed E-state index contributed by atoms with van der Waals surface area (Å²) >= 11 is 7.19. The van der Waals surface area contributed by atoms with Gasteiger partial charge >= 0.3 is 0 Å². The zero-order valence-corrected chi connectivity index (χ0v) is 22.9. The topological polar surface area (TPSA) is 107 Å². The maximum Gasteiger partial charge on any atom is 0.256 e. The van der Waals surface area contributed by atoms with Crippen LogP contribution >= 0.6 is 23.4 Å². The molecule has 2 amide bonds. The molecule has 2 N–H and O–H groups in total. The lowest BCUT2D eigenvalue weighted by atomic mass is 10.2. The molecule has 0 aliphatic heterocycles. The number of nitrogens with zero attached hydrogens (tertiary/aromatic N) is 3. The molecule has 0 bridgehead atoms. The molecule has 0 saturated heterocycles. The lowest BCUT2D eigenvalue weighted by Gasteiger charge is -2.15. The Morgan fingerprint density at radius 2 is 1.85 bits per heavy atom. The number of aromatic nitrogens is 3. The highest BCUT2D eigenvalue weighted by atomic mass is 35.5. The second-order valence-electron chi connectivity index (χ2n) is 8.26. The van der Waals surface area contributed by atoms with Crippen LogP contribution in [0, 0.1) is 12.7 Å². The van der Waals surface area contributed by atoms with E-state index in [2.05, 4.69) is 20.8 Å². The van der Waals surface area contributed by atoms with Gasteiger partial charge in [-0.25, -0.2) is 4.39 Å². The second-order valence-corrected chi connectivity index (χ2v) is 9.61. The van der Waals surface area contributed by atoms with E-state index in [4.69, 9.17) is 21.1 Å². The quantitative estimate of drug-likeness (QED) is 0.257. The first-order chi connectivity index (χ1) is 18.8. The van der Waals surface area contributed by atoms with E-state index in [0.29, 0.717) is 33.9 Å². The minimum absolute atomic E-state index is 0.0145. The molecule has 0 saturated carbocycles. The minimum atomic E-state index is -0.744. The molecule has 9 nitrogen and oxygen atoms in total. The third-order valence-electron chi connectivity index (χ3n) is 5.56. The summed E-state index contributed by atoms with van der Waals surface area (Å²) in [5.41, 5.74) is 1.96. The molecule has 3 aromatic carbocycles. The average Bonchev–Trinajstić information content (AvgIpc) is 3.32. The van der Waals surface area contributed by atoms with E-state index >= 15 is 0 Å². The number of amides is 2. The van der Waals surface area contributed by atoms with Crippen molar-refractivity contribution in [2.45, 2.75) is 18.6 Å². The van der Waals surface area contributed by atoms with E-state index in [-0.39, 0.29) is 28.8 Å². The Morgan fingerprint density at radius 1 is 1.05 bits per heavy atom. The molecule has 12 heteroatoms. The summed E-state index contributed by atoms with van der Waals surface area (Å²) < 4.78 is 26.8. The van der Waals surface area contributed by atoms with Gasteiger partial charge in [-0.2, -0.15) is 0 Å². The molecule has 0 aliphatic carbocycles. The fourth-order valence-corrected chi connectivity index (χ4v) is 4.75. The van der Waals surface area contributed by atoms with Gasteiger partial charge in [0.15, 0.2) is 11.0 Å². The number of thioether (sulfide) groups is 1. The lowest BCUT2D eigenvalue weighted by Crippen LogP contribution is -2.26. The standard InChI is InChI=1S/C27H25ClFN5O4S/c1-16-6-4-7-17(12-16)31-24(35)15-39-27-33-32-23(14-30-26(36)25-19(28)8-5-9-20(25)29)34(27)21-13-18(37-2)10-11-22(21)38-3/h4-13H,14-15H2,1-3H3,(H,30,36)(H,31,35). The van der Waals surface area contributed by atoms with Crippen LogP contribution in [0.4, 0.5) is 10.1 Å². The molecular formula is C27H25ClFN5O4S. The molecule has 202 valence electrons. The van der Waals surface area contributed by atoms with Crippen LogP contribution in [0.2, 0.25) is 5.02 Å². The van der Waals surface area contributed by atoms with Crippen molar-refractivity contribution in [1.82, 2.24) is 20.1 Å². The number of anilines is 1. The number of hydrogen-bond donors (Lipinski definition) is 2. The van der Waals surface area contributed by atoms with Crippen LogP contribution in [0.1, 0.15) is 21.7 Å². The third kappa shape index (κ3) is 6.68. The molecule has 1 aromatic heterocycles. The number of methoxy groups -OCH3 is 2. The molecule has 0 fully saturated rings. The molecule has 0 radical (unpaired) electrons. The maximum atomic E-state index is 14.3. The molecule has 39 heavy (non-hydrogen) atoms. The zero-order chi connectivity index (χ0) is 27.9. The lowest BCUT2D eigenvalue weighted by molar-refractivity contribution is -0.113. The van der Waals surface area contributed by atoms with Crippen LogP contribution in [0.15, 0.2) is 65.8 Å². The fraction of sp³-hybridized carbons (Fsp3) is 0.185. The van der Waals surface area contributed by atoms with Crippen LogP contribution < -0.4 is 20.1 Å². The summed E-state index contributed by atoms with van der Waals surface area (Å²) in [6.45, 7) is 1.82. The van der Waals surface area contributed by atoms with Crippen LogP contribution in [0.3, 0.4) is 0 Å². The molecule has 0 spiro atoms. The largest absolute Gasteiger partial charge is 0.497 e. The van der Waals surface area contributed by atoms with Gasteiger partial charge in [0.05, 0.1) is 42.8 Å². The number of aryl methyl sites for hydroxylation is 1.